The number of carbonyl (C=O) groups is 1. The number of carbonyl (C=O) groups excluding carboxylic acids is 1. The van der Waals surface area contributed by atoms with Crippen LogP contribution in [0.2, 0.25) is 0 Å². The lowest BCUT2D eigenvalue weighted by atomic mass is 9.90. The van der Waals surface area contributed by atoms with E-state index in [4.69, 9.17) is 0 Å². The maximum Gasteiger partial charge on any atom is 0.169 e. The first-order valence-corrected chi connectivity index (χ1v) is 8.41. The van der Waals surface area contributed by atoms with Crippen LogP contribution < -0.4 is 0 Å². The van der Waals surface area contributed by atoms with E-state index >= 15 is 0 Å². The number of rotatable bonds is 4. The second-order valence-corrected chi connectivity index (χ2v) is 6.10. The van der Waals surface area contributed by atoms with Gasteiger partial charge in [-0.3, -0.25) is 14.9 Å². The Labute approximate surface area is 150 Å². The Hall–Kier alpha value is -3.47. The first-order valence-electron chi connectivity index (χ1n) is 8.41. The highest BCUT2D eigenvalue weighted by molar-refractivity contribution is 5.92. The largest absolute Gasteiger partial charge is 0.508 e. The van der Waals surface area contributed by atoms with Crippen molar-refractivity contribution in [2.75, 3.05) is 0 Å². The maximum atomic E-state index is 11.6. The van der Waals surface area contributed by atoms with Crippen LogP contribution in [0.15, 0.2) is 54.9 Å². The van der Waals surface area contributed by atoms with E-state index in [0.29, 0.717) is 5.69 Å². The minimum Gasteiger partial charge on any atom is -0.508 e. The number of nitrogens with zero attached hydrogens (tertiary/aromatic N) is 2. The van der Waals surface area contributed by atoms with E-state index in [9.17, 15) is 9.90 Å². The first-order chi connectivity index (χ1) is 12.7. The molecule has 0 fully saturated rings. The summed E-state index contributed by atoms with van der Waals surface area (Å²) in [6, 6.07) is 12.9. The van der Waals surface area contributed by atoms with Crippen LogP contribution in [0.3, 0.4) is 0 Å². The van der Waals surface area contributed by atoms with Crippen molar-refractivity contribution < 1.29 is 9.90 Å². The van der Waals surface area contributed by atoms with Crippen molar-refractivity contribution in [1.29, 1.82) is 0 Å². The molecule has 5 heteroatoms. The van der Waals surface area contributed by atoms with Crippen LogP contribution in [0, 0.1) is 0 Å². The molecule has 2 heterocycles. The van der Waals surface area contributed by atoms with Crippen LogP contribution in [-0.4, -0.2) is 26.6 Å². The molecule has 0 saturated carbocycles. The van der Waals surface area contributed by atoms with Gasteiger partial charge in [0.2, 0.25) is 0 Å². The van der Waals surface area contributed by atoms with Crippen molar-refractivity contribution in [3.8, 4) is 28.0 Å². The highest BCUT2D eigenvalue weighted by Crippen LogP contribution is 2.35. The van der Waals surface area contributed by atoms with Gasteiger partial charge in [-0.1, -0.05) is 25.1 Å². The molecule has 128 valence electrons. The third-order valence-corrected chi connectivity index (χ3v) is 4.59. The molecule has 0 saturated heterocycles. The molecule has 2 aromatic carbocycles. The van der Waals surface area contributed by atoms with E-state index < -0.39 is 0 Å². The minimum atomic E-state index is 0.189. The van der Waals surface area contributed by atoms with Gasteiger partial charge in [0, 0.05) is 22.7 Å². The summed E-state index contributed by atoms with van der Waals surface area (Å²) < 4.78 is 0. The Kier molecular flexibility index (Phi) is 3.97. The van der Waals surface area contributed by atoms with Crippen molar-refractivity contribution in [3.05, 3.63) is 66.1 Å². The van der Waals surface area contributed by atoms with E-state index in [1.165, 1.54) is 0 Å². The van der Waals surface area contributed by atoms with Crippen LogP contribution >= 0.6 is 0 Å². The van der Waals surface area contributed by atoms with Gasteiger partial charge in [-0.15, -0.1) is 0 Å². The normalized spacial score (nSPS) is 11.0. The summed E-state index contributed by atoms with van der Waals surface area (Å²) in [6.07, 6.45) is 5.08. The number of aromatic nitrogens is 3. The number of hydrogen-bond acceptors (Lipinski definition) is 4. The fourth-order valence-corrected chi connectivity index (χ4v) is 3.33. The Morgan fingerprint density at radius 3 is 2.58 bits per heavy atom. The predicted molar refractivity (Wildman–Crippen MR) is 101 cm³/mol. The van der Waals surface area contributed by atoms with Crippen LogP contribution in [0.1, 0.15) is 23.0 Å². The molecule has 0 unspecified atom stereocenters. The number of H-pyrrole nitrogens is 1. The molecule has 2 N–H and O–H groups in total. The summed E-state index contributed by atoms with van der Waals surface area (Å²) in [5.74, 6) is 0.189. The number of benzene rings is 2. The second kappa shape index (κ2) is 6.44. The smallest absolute Gasteiger partial charge is 0.169 e. The zero-order chi connectivity index (χ0) is 18.1. The lowest BCUT2D eigenvalue weighted by Crippen LogP contribution is -2.01. The van der Waals surface area contributed by atoms with E-state index in [2.05, 4.69) is 28.2 Å². The number of fused-ring (bicyclic) bond motifs is 1. The first kappa shape index (κ1) is 16.0. The molecule has 0 spiro atoms. The van der Waals surface area contributed by atoms with E-state index in [1.807, 2.05) is 24.3 Å². The average Bonchev–Trinajstić information content (AvgIpc) is 3.15. The molecule has 0 aliphatic rings. The van der Waals surface area contributed by atoms with Gasteiger partial charge in [-0.05, 0) is 47.4 Å². The zero-order valence-corrected chi connectivity index (χ0v) is 14.2. The topological polar surface area (TPSA) is 78.9 Å². The van der Waals surface area contributed by atoms with Gasteiger partial charge in [0.05, 0.1) is 11.7 Å². The van der Waals surface area contributed by atoms with Gasteiger partial charge in [0.25, 0.3) is 0 Å². The molecule has 0 aliphatic carbocycles. The Balaban J connectivity index is 1.97. The molecule has 0 aliphatic heterocycles. The average molecular weight is 343 g/mol. The van der Waals surface area contributed by atoms with Crippen LogP contribution in [0.25, 0.3) is 33.2 Å². The van der Waals surface area contributed by atoms with E-state index in [1.54, 1.807) is 24.5 Å². The SMILES string of the molecule is CCc1c(-c2ccc3[nH]ncc3c2)cnc(C=O)c1-c1ccc(O)cc1. The lowest BCUT2D eigenvalue weighted by Gasteiger charge is -2.16. The van der Waals surface area contributed by atoms with Gasteiger partial charge < -0.3 is 5.11 Å². The van der Waals surface area contributed by atoms with Gasteiger partial charge >= 0.3 is 0 Å². The fraction of sp³-hybridized carbons (Fsp3) is 0.0952. The van der Waals surface area contributed by atoms with Gasteiger partial charge in [0.1, 0.15) is 11.4 Å². The second-order valence-electron chi connectivity index (χ2n) is 6.10. The molecular weight excluding hydrogens is 326 g/mol. The monoisotopic (exact) mass is 343 g/mol. The molecule has 2 aromatic heterocycles. The molecule has 0 amide bonds. The van der Waals surface area contributed by atoms with Crippen LogP contribution in [0.5, 0.6) is 5.75 Å². The predicted octanol–water partition coefficient (Wildman–Crippen LogP) is 4.37. The summed E-state index contributed by atoms with van der Waals surface area (Å²) in [5.41, 5.74) is 6.12. The summed E-state index contributed by atoms with van der Waals surface area (Å²) in [7, 11) is 0. The molecule has 26 heavy (non-hydrogen) atoms. The maximum absolute atomic E-state index is 11.6. The van der Waals surface area contributed by atoms with Gasteiger partial charge in [0.15, 0.2) is 6.29 Å². The summed E-state index contributed by atoms with van der Waals surface area (Å²) in [4.78, 5) is 16.0. The third kappa shape index (κ3) is 2.63. The van der Waals surface area contributed by atoms with Crippen molar-refractivity contribution >= 4 is 17.2 Å². The van der Waals surface area contributed by atoms with Crippen molar-refractivity contribution in [1.82, 2.24) is 15.2 Å². The highest BCUT2D eigenvalue weighted by atomic mass is 16.3. The Morgan fingerprint density at radius 1 is 1.08 bits per heavy atom. The third-order valence-electron chi connectivity index (χ3n) is 4.59. The lowest BCUT2D eigenvalue weighted by molar-refractivity contribution is 0.111. The van der Waals surface area contributed by atoms with Gasteiger partial charge in [-0.2, -0.15) is 5.10 Å². The summed E-state index contributed by atoms with van der Waals surface area (Å²) in [5, 5.41) is 17.6. The van der Waals surface area contributed by atoms with Crippen molar-refractivity contribution in [2.24, 2.45) is 0 Å². The molecular formula is C21H17N3O2. The Morgan fingerprint density at radius 2 is 1.85 bits per heavy atom. The molecule has 0 bridgehead atoms. The zero-order valence-electron chi connectivity index (χ0n) is 14.2. The van der Waals surface area contributed by atoms with Crippen molar-refractivity contribution in [3.63, 3.8) is 0 Å². The van der Waals surface area contributed by atoms with Gasteiger partial charge in [-0.25, -0.2) is 0 Å². The fourth-order valence-electron chi connectivity index (χ4n) is 3.33. The van der Waals surface area contributed by atoms with E-state index in [0.717, 1.165) is 51.4 Å². The van der Waals surface area contributed by atoms with Crippen LogP contribution in [0.4, 0.5) is 0 Å². The summed E-state index contributed by atoms with van der Waals surface area (Å²) in [6.45, 7) is 2.06. The highest BCUT2D eigenvalue weighted by Gasteiger charge is 2.16. The standard InChI is InChI=1S/C21H17N3O2/c1-2-17-18(14-5-8-19-15(9-14)10-23-24-19)11-22-20(12-25)21(17)13-3-6-16(26)7-4-13/h3-12,26H,2H2,1H3,(H,23,24). The number of hydrogen-bond donors (Lipinski definition) is 2. The number of nitrogens with one attached hydrogen (secondary N) is 1. The summed E-state index contributed by atoms with van der Waals surface area (Å²) >= 11 is 0. The molecule has 0 radical (unpaired) electrons. The molecule has 5 nitrogen and oxygen atoms in total. The number of aromatic amines is 1. The number of pyridine rings is 1. The molecule has 0 atom stereocenters. The van der Waals surface area contributed by atoms with Crippen LogP contribution in [-0.2, 0) is 6.42 Å². The number of phenols is 1. The van der Waals surface area contributed by atoms with Crippen molar-refractivity contribution in [2.45, 2.75) is 13.3 Å². The number of aromatic hydroxyl groups is 1. The molecule has 4 rings (SSSR count). The number of phenolic OH excluding ortho intramolecular Hbond substituents is 1. The quantitative estimate of drug-likeness (QED) is 0.539. The molecule has 4 aromatic rings. The Bertz CT molecular complexity index is 1100. The number of aldehydes is 1. The minimum absolute atomic E-state index is 0.189. The van der Waals surface area contributed by atoms with E-state index in [-0.39, 0.29) is 5.75 Å².